The van der Waals surface area contributed by atoms with E-state index in [1.807, 2.05) is 54.0 Å². The van der Waals surface area contributed by atoms with E-state index in [9.17, 15) is 4.79 Å². The number of methoxy groups -OCH3 is 1. The molecule has 0 saturated heterocycles. The number of ether oxygens (including phenoxy) is 1. The van der Waals surface area contributed by atoms with Crippen LogP contribution in [0.1, 0.15) is 15.9 Å². The molecule has 0 bridgehead atoms. The van der Waals surface area contributed by atoms with Crippen molar-refractivity contribution in [3.05, 3.63) is 83.1 Å². The number of aromatic nitrogens is 2. The zero-order valence-corrected chi connectivity index (χ0v) is 16.2. The number of anilines is 1. The van der Waals surface area contributed by atoms with Crippen LogP contribution in [0, 0.1) is 6.92 Å². The Morgan fingerprint density at radius 2 is 2.00 bits per heavy atom. The van der Waals surface area contributed by atoms with E-state index in [4.69, 9.17) is 16.3 Å². The molecule has 140 valence electrons. The molecule has 0 aliphatic heterocycles. The molecule has 0 radical (unpaired) electrons. The summed E-state index contributed by atoms with van der Waals surface area (Å²) in [6, 6.07) is 16.4. The van der Waals surface area contributed by atoms with Crippen molar-refractivity contribution in [2.45, 2.75) is 6.92 Å². The van der Waals surface area contributed by atoms with E-state index >= 15 is 0 Å². The van der Waals surface area contributed by atoms with E-state index in [0.29, 0.717) is 22.0 Å². The highest BCUT2D eigenvalue weighted by molar-refractivity contribution is 6.31. The normalized spacial score (nSPS) is 10.8. The van der Waals surface area contributed by atoms with Gasteiger partial charge in [0.2, 0.25) is 0 Å². The zero-order valence-electron chi connectivity index (χ0n) is 15.4. The minimum Gasteiger partial charge on any atom is -0.495 e. The predicted molar refractivity (Wildman–Crippen MR) is 111 cm³/mol. The van der Waals surface area contributed by atoms with Crippen LogP contribution in [0.3, 0.4) is 0 Å². The van der Waals surface area contributed by atoms with Gasteiger partial charge in [-0.05, 0) is 61.0 Å². The first kappa shape index (κ1) is 18.1. The van der Waals surface area contributed by atoms with Gasteiger partial charge in [-0.2, -0.15) is 0 Å². The van der Waals surface area contributed by atoms with Gasteiger partial charge < -0.3 is 14.5 Å². The van der Waals surface area contributed by atoms with Gasteiger partial charge in [-0.1, -0.05) is 17.7 Å². The Hall–Kier alpha value is -3.31. The molecule has 5 nitrogen and oxygen atoms in total. The number of carbonyl (C=O) groups excluding carboxylic acids is 1. The van der Waals surface area contributed by atoms with E-state index in [-0.39, 0.29) is 5.91 Å². The molecule has 0 spiro atoms. The summed E-state index contributed by atoms with van der Waals surface area (Å²) >= 11 is 5.99. The molecule has 4 rings (SSSR count). The SMILES string of the molecule is COc1ccc(-c2cn3ccc(C)cc3n2)cc1NC(=O)c1cccc(Cl)c1. The van der Waals surface area contributed by atoms with Crippen molar-refractivity contribution in [1.29, 1.82) is 0 Å². The summed E-state index contributed by atoms with van der Waals surface area (Å²) in [5.74, 6) is 0.308. The molecule has 0 atom stereocenters. The second-order valence-electron chi connectivity index (χ2n) is 6.48. The number of fused-ring (bicyclic) bond motifs is 1. The number of nitrogens with one attached hydrogen (secondary N) is 1. The topological polar surface area (TPSA) is 55.6 Å². The lowest BCUT2D eigenvalue weighted by Crippen LogP contribution is -2.12. The summed E-state index contributed by atoms with van der Waals surface area (Å²) in [6.45, 7) is 2.03. The monoisotopic (exact) mass is 391 g/mol. The minimum absolute atomic E-state index is 0.261. The van der Waals surface area contributed by atoms with Crippen LogP contribution >= 0.6 is 11.6 Å². The van der Waals surface area contributed by atoms with Gasteiger partial charge in [-0.15, -0.1) is 0 Å². The largest absolute Gasteiger partial charge is 0.495 e. The number of nitrogens with zero attached hydrogens (tertiary/aromatic N) is 2. The molecule has 0 saturated carbocycles. The molecule has 0 aliphatic rings. The fourth-order valence-electron chi connectivity index (χ4n) is 3.01. The van der Waals surface area contributed by atoms with Crippen LogP contribution in [-0.4, -0.2) is 22.4 Å². The molecule has 0 fully saturated rings. The van der Waals surface area contributed by atoms with Crippen molar-refractivity contribution in [2.75, 3.05) is 12.4 Å². The van der Waals surface area contributed by atoms with Crippen LogP contribution in [0.2, 0.25) is 5.02 Å². The van der Waals surface area contributed by atoms with Crippen LogP contribution in [-0.2, 0) is 0 Å². The predicted octanol–water partition coefficient (Wildman–Crippen LogP) is 5.22. The van der Waals surface area contributed by atoms with Crippen molar-refractivity contribution < 1.29 is 9.53 Å². The molecule has 28 heavy (non-hydrogen) atoms. The summed E-state index contributed by atoms with van der Waals surface area (Å²) in [4.78, 5) is 17.3. The molecular weight excluding hydrogens is 374 g/mol. The van der Waals surface area contributed by atoms with Crippen molar-refractivity contribution in [3.8, 4) is 17.0 Å². The van der Waals surface area contributed by atoms with Crippen LogP contribution in [0.25, 0.3) is 16.9 Å². The van der Waals surface area contributed by atoms with Gasteiger partial charge in [0, 0.05) is 28.5 Å². The summed E-state index contributed by atoms with van der Waals surface area (Å²) in [5.41, 5.74) is 4.75. The van der Waals surface area contributed by atoms with Gasteiger partial charge >= 0.3 is 0 Å². The van der Waals surface area contributed by atoms with Gasteiger partial charge in [0.25, 0.3) is 5.91 Å². The number of amides is 1. The maximum atomic E-state index is 12.6. The Balaban J connectivity index is 1.69. The molecular formula is C22H18ClN3O2. The number of carbonyl (C=O) groups is 1. The van der Waals surface area contributed by atoms with Gasteiger partial charge in [0.15, 0.2) is 0 Å². The quantitative estimate of drug-likeness (QED) is 0.518. The first-order valence-corrected chi connectivity index (χ1v) is 9.12. The Bertz CT molecular complexity index is 1180. The summed E-state index contributed by atoms with van der Waals surface area (Å²) in [6.07, 6.45) is 3.94. The summed E-state index contributed by atoms with van der Waals surface area (Å²) in [5, 5.41) is 3.41. The molecule has 0 aliphatic carbocycles. The highest BCUT2D eigenvalue weighted by Crippen LogP contribution is 2.31. The van der Waals surface area contributed by atoms with Gasteiger partial charge in [-0.3, -0.25) is 4.79 Å². The second-order valence-corrected chi connectivity index (χ2v) is 6.91. The number of aryl methyl sites for hydroxylation is 1. The first-order chi connectivity index (χ1) is 13.5. The lowest BCUT2D eigenvalue weighted by Gasteiger charge is -2.12. The molecule has 4 aromatic rings. The number of halogens is 1. The van der Waals surface area contributed by atoms with Crippen LogP contribution < -0.4 is 10.1 Å². The third-order valence-electron chi connectivity index (χ3n) is 4.45. The maximum Gasteiger partial charge on any atom is 0.255 e. The summed E-state index contributed by atoms with van der Waals surface area (Å²) < 4.78 is 7.37. The average Bonchev–Trinajstić information content (AvgIpc) is 3.11. The number of hydrogen-bond acceptors (Lipinski definition) is 3. The molecule has 2 heterocycles. The second kappa shape index (κ2) is 7.37. The van der Waals surface area contributed by atoms with Crippen molar-refractivity contribution in [1.82, 2.24) is 9.38 Å². The van der Waals surface area contributed by atoms with Crippen LogP contribution in [0.4, 0.5) is 5.69 Å². The fourth-order valence-corrected chi connectivity index (χ4v) is 3.20. The maximum absolute atomic E-state index is 12.6. The fraction of sp³-hybridized carbons (Fsp3) is 0.0909. The molecule has 2 aromatic heterocycles. The van der Waals surface area contributed by atoms with E-state index in [2.05, 4.69) is 10.3 Å². The van der Waals surface area contributed by atoms with Crippen molar-refractivity contribution >= 4 is 28.8 Å². The van der Waals surface area contributed by atoms with Gasteiger partial charge in [0.05, 0.1) is 18.5 Å². The Kier molecular flexibility index (Phi) is 4.75. The number of imidazole rings is 1. The van der Waals surface area contributed by atoms with E-state index in [1.54, 1.807) is 31.4 Å². The van der Waals surface area contributed by atoms with Crippen molar-refractivity contribution in [2.24, 2.45) is 0 Å². The standard InChI is InChI=1S/C22H18ClN3O2/c1-14-8-9-26-13-19(24-21(26)10-14)15-6-7-20(28-2)18(12-15)25-22(27)16-4-3-5-17(23)11-16/h3-13H,1-2H3,(H,25,27). The van der Waals surface area contributed by atoms with E-state index in [0.717, 1.165) is 22.5 Å². The first-order valence-electron chi connectivity index (χ1n) is 8.74. The smallest absolute Gasteiger partial charge is 0.255 e. The van der Waals surface area contributed by atoms with Crippen LogP contribution in [0.5, 0.6) is 5.75 Å². The molecule has 6 heteroatoms. The Morgan fingerprint density at radius 3 is 2.79 bits per heavy atom. The lowest BCUT2D eigenvalue weighted by molar-refractivity contribution is 0.102. The number of rotatable bonds is 4. The summed E-state index contributed by atoms with van der Waals surface area (Å²) in [7, 11) is 1.57. The molecule has 2 aromatic carbocycles. The third kappa shape index (κ3) is 3.57. The van der Waals surface area contributed by atoms with Gasteiger partial charge in [-0.25, -0.2) is 4.98 Å². The number of hydrogen-bond donors (Lipinski definition) is 1. The van der Waals surface area contributed by atoms with Crippen molar-refractivity contribution in [3.63, 3.8) is 0 Å². The molecule has 0 unspecified atom stereocenters. The third-order valence-corrected chi connectivity index (χ3v) is 4.68. The molecule has 1 N–H and O–H groups in total. The van der Waals surface area contributed by atoms with E-state index < -0.39 is 0 Å². The minimum atomic E-state index is -0.261. The zero-order chi connectivity index (χ0) is 19.7. The van der Waals surface area contributed by atoms with Gasteiger partial charge in [0.1, 0.15) is 11.4 Å². The molecule has 1 amide bonds. The highest BCUT2D eigenvalue weighted by atomic mass is 35.5. The Morgan fingerprint density at radius 1 is 1.14 bits per heavy atom. The number of benzene rings is 2. The Labute approximate surface area is 167 Å². The highest BCUT2D eigenvalue weighted by Gasteiger charge is 2.13. The lowest BCUT2D eigenvalue weighted by atomic mass is 10.1. The number of pyridine rings is 1. The van der Waals surface area contributed by atoms with Crippen LogP contribution in [0.15, 0.2) is 67.0 Å². The average molecular weight is 392 g/mol. The van der Waals surface area contributed by atoms with E-state index in [1.165, 1.54) is 0 Å².